The zero-order chi connectivity index (χ0) is 22.9. The average Bonchev–Trinajstić information content (AvgIpc) is 3.16. The quantitative estimate of drug-likeness (QED) is 0.615. The molecule has 3 aromatic rings. The van der Waals surface area contributed by atoms with Crippen molar-refractivity contribution in [1.29, 1.82) is 0 Å². The van der Waals surface area contributed by atoms with E-state index in [9.17, 15) is 14.0 Å². The molecule has 1 atom stereocenters. The number of piperidine rings is 1. The van der Waals surface area contributed by atoms with Crippen LogP contribution < -0.4 is 4.90 Å². The van der Waals surface area contributed by atoms with Crippen molar-refractivity contribution in [2.45, 2.75) is 38.6 Å². The number of aryl methyl sites for hydroxylation is 1. The summed E-state index contributed by atoms with van der Waals surface area (Å²) in [6, 6.07) is 9.59. The molecule has 2 aliphatic rings. The summed E-state index contributed by atoms with van der Waals surface area (Å²) < 4.78 is 13.3. The van der Waals surface area contributed by atoms with Crippen LogP contribution in [0.5, 0.6) is 0 Å². The summed E-state index contributed by atoms with van der Waals surface area (Å²) in [6.45, 7) is 3.46. The molecule has 5 rings (SSSR count). The molecule has 0 unspecified atom stereocenters. The van der Waals surface area contributed by atoms with Crippen LogP contribution >= 0.6 is 0 Å². The monoisotopic (exact) mass is 445 g/mol. The molecule has 1 aromatic carbocycles. The van der Waals surface area contributed by atoms with Crippen LogP contribution in [0.25, 0.3) is 0 Å². The number of hydrogen-bond acceptors (Lipinski definition) is 5. The Bertz CT molecular complexity index is 1200. The predicted octanol–water partition coefficient (Wildman–Crippen LogP) is 3.43. The van der Waals surface area contributed by atoms with Crippen LogP contribution in [-0.2, 0) is 17.8 Å². The van der Waals surface area contributed by atoms with Crippen molar-refractivity contribution in [3.05, 3.63) is 82.8 Å². The third-order valence-electron chi connectivity index (χ3n) is 6.35. The SMILES string of the molecule is Cc1nc([C@@H]2CCCN(C(=O)c3ccncc3)C2)nc2c1CC(=O)N2Cc1ccc(F)cc1. The molecule has 33 heavy (non-hydrogen) atoms. The Morgan fingerprint density at radius 1 is 1.12 bits per heavy atom. The number of anilines is 1. The minimum absolute atomic E-state index is 0.00286. The summed E-state index contributed by atoms with van der Waals surface area (Å²) >= 11 is 0. The lowest BCUT2D eigenvalue weighted by Crippen LogP contribution is -2.39. The van der Waals surface area contributed by atoms with Gasteiger partial charge in [-0.25, -0.2) is 14.4 Å². The molecular weight excluding hydrogens is 421 g/mol. The van der Waals surface area contributed by atoms with E-state index in [1.807, 2.05) is 11.8 Å². The molecule has 2 aliphatic heterocycles. The van der Waals surface area contributed by atoms with Crippen LogP contribution in [0.3, 0.4) is 0 Å². The van der Waals surface area contributed by atoms with Gasteiger partial charge >= 0.3 is 0 Å². The summed E-state index contributed by atoms with van der Waals surface area (Å²) in [5.74, 6) is 0.921. The van der Waals surface area contributed by atoms with Gasteiger partial charge in [0.05, 0.1) is 13.0 Å². The van der Waals surface area contributed by atoms with Crippen LogP contribution in [0.15, 0.2) is 48.8 Å². The van der Waals surface area contributed by atoms with Crippen molar-refractivity contribution >= 4 is 17.6 Å². The number of nitrogens with zero attached hydrogens (tertiary/aromatic N) is 5. The standard InChI is InChI=1S/C25H24FN5O2/c1-16-21-13-22(32)31(14-17-4-6-20(26)7-5-17)24(21)29-23(28-16)19-3-2-12-30(15-19)25(33)18-8-10-27-11-9-18/h4-11,19H,2-3,12-15H2,1H3/t19-/m1/s1. The average molecular weight is 445 g/mol. The van der Waals surface area contributed by atoms with Gasteiger partial charge in [-0.3, -0.25) is 19.5 Å². The molecule has 0 bridgehead atoms. The normalized spacial score (nSPS) is 17.9. The molecular formula is C25H24FN5O2. The molecule has 0 aliphatic carbocycles. The highest BCUT2D eigenvalue weighted by Crippen LogP contribution is 2.33. The minimum Gasteiger partial charge on any atom is -0.338 e. The minimum atomic E-state index is -0.310. The van der Waals surface area contributed by atoms with Crippen LogP contribution in [0.2, 0.25) is 0 Å². The van der Waals surface area contributed by atoms with E-state index in [4.69, 9.17) is 9.97 Å². The number of fused-ring (bicyclic) bond motifs is 1. The summed E-state index contributed by atoms with van der Waals surface area (Å²) in [5, 5.41) is 0. The maximum atomic E-state index is 13.3. The maximum absolute atomic E-state index is 13.3. The number of amides is 2. The van der Waals surface area contributed by atoms with Gasteiger partial charge in [0.2, 0.25) is 5.91 Å². The molecule has 7 nitrogen and oxygen atoms in total. The van der Waals surface area contributed by atoms with E-state index in [1.165, 1.54) is 12.1 Å². The fourth-order valence-corrected chi connectivity index (χ4v) is 4.56. The van der Waals surface area contributed by atoms with Crippen molar-refractivity contribution in [1.82, 2.24) is 19.9 Å². The van der Waals surface area contributed by atoms with Gasteiger partial charge in [-0.05, 0) is 49.6 Å². The Kier molecular flexibility index (Phi) is 5.58. The smallest absolute Gasteiger partial charge is 0.253 e. The zero-order valence-corrected chi connectivity index (χ0v) is 18.4. The Morgan fingerprint density at radius 3 is 2.64 bits per heavy atom. The van der Waals surface area contributed by atoms with Gasteiger partial charge in [-0.15, -0.1) is 0 Å². The van der Waals surface area contributed by atoms with Crippen molar-refractivity contribution in [2.24, 2.45) is 0 Å². The van der Waals surface area contributed by atoms with Crippen molar-refractivity contribution in [3.63, 3.8) is 0 Å². The number of hydrogen-bond donors (Lipinski definition) is 0. The molecule has 8 heteroatoms. The second kappa shape index (κ2) is 8.69. The van der Waals surface area contributed by atoms with Gasteiger partial charge in [0.15, 0.2) is 0 Å². The van der Waals surface area contributed by atoms with Gasteiger partial charge in [0.1, 0.15) is 17.5 Å². The number of carbonyl (C=O) groups is 2. The molecule has 1 saturated heterocycles. The first-order valence-electron chi connectivity index (χ1n) is 11.1. The molecule has 0 saturated carbocycles. The van der Waals surface area contributed by atoms with E-state index < -0.39 is 0 Å². The fraction of sp³-hybridized carbons (Fsp3) is 0.320. The molecule has 2 amide bonds. The van der Waals surface area contributed by atoms with E-state index in [0.717, 1.165) is 29.7 Å². The molecule has 1 fully saturated rings. The largest absolute Gasteiger partial charge is 0.338 e. The number of rotatable bonds is 4. The van der Waals surface area contributed by atoms with Gasteiger partial charge in [0.25, 0.3) is 5.91 Å². The second-order valence-electron chi connectivity index (χ2n) is 8.58. The van der Waals surface area contributed by atoms with Gasteiger partial charge < -0.3 is 4.90 Å². The molecule has 0 N–H and O–H groups in total. The summed E-state index contributed by atoms with van der Waals surface area (Å²) in [5.41, 5.74) is 3.09. The van der Waals surface area contributed by atoms with Gasteiger partial charge in [-0.1, -0.05) is 12.1 Å². The van der Waals surface area contributed by atoms with Crippen molar-refractivity contribution in [3.8, 4) is 0 Å². The molecule has 0 radical (unpaired) electrons. The highest BCUT2D eigenvalue weighted by atomic mass is 19.1. The third kappa shape index (κ3) is 4.20. The van der Waals surface area contributed by atoms with Crippen LogP contribution in [0.1, 0.15) is 51.8 Å². The Morgan fingerprint density at radius 2 is 1.88 bits per heavy atom. The van der Waals surface area contributed by atoms with Crippen LogP contribution in [0.4, 0.5) is 10.2 Å². The van der Waals surface area contributed by atoms with E-state index in [2.05, 4.69) is 4.98 Å². The zero-order valence-electron chi connectivity index (χ0n) is 18.4. The maximum Gasteiger partial charge on any atom is 0.253 e. The van der Waals surface area contributed by atoms with Crippen molar-refractivity contribution in [2.75, 3.05) is 18.0 Å². The molecule has 2 aromatic heterocycles. The van der Waals surface area contributed by atoms with Gasteiger partial charge in [-0.2, -0.15) is 0 Å². The number of halogens is 1. The lowest BCUT2D eigenvalue weighted by Gasteiger charge is -2.32. The Balaban J connectivity index is 1.40. The highest BCUT2D eigenvalue weighted by molar-refractivity contribution is 6.00. The lowest BCUT2D eigenvalue weighted by atomic mass is 9.96. The van der Waals surface area contributed by atoms with E-state index in [1.54, 1.807) is 41.6 Å². The highest BCUT2D eigenvalue weighted by Gasteiger charge is 2.34. The second-order valence-corrected chi connectivity index (χ2v) is 8.58. The number of carbonyl (C=O) groups excluding carboxylic acids is 2. The summed E-state index contributed by atoms with van der Waals surface area (Å²) in [4.78, 5) is 42.7. The van der Waals surface area contributed by atoms with Gasteiger partial charge in [0, 0.05) is 48.2 Å². The Hall–Kier alpha value is -3.68. The summed E-state index contributed by atoms with van der Waals surface area (Å²) in [7, 11) is 0. The number of aromatic nitrogens is 3. The number of likely N-dealkylation sites (tertiary alicyclic amines) is 1. The molecule has 0 spiro atoms. The third-order valence-corrected chi connectivity index (χ3v) is 6.35. The van der Waals surface area contributed by atoms with E-state index >= 15 is 0 Å². The Labute approximate surface area is 191 Å². The number of benzene rings is 1. The predicted molar refractivity (Wildman–Crippen MR) is 120 cm³/mol. The summed E-state index contributed by atoms with van der Waals surface area (Å²) in [6.07, 6.45) is 5.24. The van der Waals surface area contributed by atoms with Crippen LogP contribution in [-0.4, -0.2) is 44.8 Å². The first-order valence-corrected chi connectivity index (χ1v) is 11.1. The first-order chi connectivity index (χ1) is 16.0. The lowest BCUT2D eigenvalue weighted by molar-refractivity contribution is -0.117. The fourth-order valence-electron chi connectivity index (χ4n) is 4.56. The molecule has 168 valence electrons. The van der Waals surface area contributed by atoms with Crippen LogP contribution in [0, 0.1) is 12.7 Å². The van der Waals surface area contributed by atoms with E-state index in [0.29, 0.717) is 36.8 Å². The van der Waals surface area contributed by atoms with E-state index in [-0.39, 0.29) is 30.0 Å². The first kappa shape index (κ1) is 21.2. The topological polar surface area (TPSA) is 79.3 Å². The van der Waals surface area contributed by atoms with Crippen molar-refractivity contribution < 1.29 is 14.0 Å². The molecule has 4 heterocycles. The number of pyridine rings is 1.